The molecular formula is C15H12F3N5O3. The van der Waals surface area contributed by atoms with Crippen molar-refractivity contribution in [3.63, 3.8) is 0 Å². The third-order valence-electron chi connectivity index (χ3n) is 3.34. The number of amides is 1. The number of hydrogen-bond acceptors (Lipinski definition) is 7. The van der Waals surface area contributed by atoms with Crippen LogP contribution >= 0.6 is 0 Å². The number of nitrogens with one attached hydrogen (secondary N) is 1. The van der Waals surface area contributed by atoms with Crippen LogP contribution in [0.15, 0.2) is 33.3 Å². The maximum Gasteiger partial charge on any atom is 0.471 e. The van der Waals surface area contributed by atoms with Gasteiger partial charge in [-0.05, 0) is 26.0 Å². The number of alkyl halides is 3. The Hall–Kier alpha value is -3.24. The summed E-state index contributed by atoms with van der Waals surface area (Å²) in [5.74, 6) is -1.36. The van der Waals surface area contributed by atoms with Crippen molar-refractivity contribution in [3.05, 3.63) is 47.4 Å². The predicted molar refractivity (Wildman–Crippen MR) is 79.7 cm³/mol. The number of aryl methyl sites for hydroxylation is 1. The minimum absolute atomic E-state index is 0.223. The Morgan fingerprint density at radius 2 is 1.81 bits per heavy atom. The number of nitrogens with zero attached hydrogens (tertiary/aromatic N) is 4. The van der Waals surface area contributed by atoms with Gasteiger partial charge in [-0.15, -0.1) is 0 Å². The van der Waals surface area contributed by atoms with Crippen LogP contribution in [-0.2, 0) is 6.18 Å². The van der Waals surface area contributed by atoms with Gasteiger partial charge >= 0.3 is 12.1 Å². The van der Waals surface area contributed by atoms with E-state index < -0.39 is 24.0 Å². The molecule has 3 aromatic rings. The van der Waals surface area contributed by atoms with Crippen LogP contribution in [0.3, 0.4) is 0 Å². The Labute approximate surface area is 144 Å². The van der Waals surface area contributed by atoms with Gasteiger partial charge in [-0.3, -0.25) is 4.79 Å². The van der Waals surface area contributed by atoms with Gasteiger partial charge in [0.25, 0.3) is 5.91 Å². The highest BCUT2D eigenvalue weighted by Crippen LogP contribution is 2.29. The molecule has 2 heterocycles. The second kappa shape index (κ2) is 6.58. The van der Waals surface area contributed by atoms with Gasteiger partial charge in [-0.1, -0.05) is 22.4 Å². The van der Waals surface area contributed by atoms with E-state index in [2.05, 4.69) is 30.1 Å². The highest BCUT2D eigenvalue weighted by molar-refractivity contribution is 5.94. The summed E-state index contributed by atoms with van der Waals surface area (Å²) in [5, 5.41) is 9.60. The van der Waals surface area contributed by atoms with Gasteiger partial charge in [0.15, 0.2) is 5.82 Å². The molecule has 136 valence electrons. The topological polar surface area (TPSA) is 107 Å². The summed E-state index contributed by atoms with van der Waals surface area (Å²) < 4.78 is 46.6. The molecule has 11 heteroatoms. The molecule has 0 spiro atoms. The highest BCUT2D eigenvalue weighted by Gasteiger charge is 2.38. The lowest BCUT2D eigenvalue weighted by molar-refractivity contribution is -0.159. The zero-order chi connectivity index (χ0) is 18.9. The summed E-state index contributed by atoms with van der Waals surface area (Å²) in [6.45, 7) is 3.33. The first-order valence-corrected chi connectivity index (χ1v) is 7.36. The molecule has 0 saturated heterocycles. The van der Waals surface area contributed by atoms with E-state index >= 15 is 0 Å². The van der Waals surface area contributed by atoms with E-state index in [1.807, 2.05) is 0 Å². The van der Waals surface area contributed by atoms with Crippen LogP contribution in [0.5, 0.6) is 0 Å². The molecule has 0 radical (unpaired) electrons. The van der Waals surface area contributed by atoms with E-state index in [0.29, 0.717) is 5.82 Å². The molecule has 2 aromatic heterocycles. The number of hydrogen-bond donors (Lipinski definition) is 1. The summed E-state index contributed by atoms with van der Waals surface area (Å²) in [5.41, 5.74) is 0.567. The van der Waals surface area contributed by atoms with Crippen LogP contribution in [0.4, 0.5) is 13.2 Å². The van der Waals surface area contributed by atoms with E-state index in [-0.39, 0.29) is 22.8 Å². The number of rotatable bonds is 4. The first-order chi connectivity index (χ1) is 12.2. The lowest BCUT2D eigenvalue weighted by Crippen LogP contribution is -2.26. The molecule has 0 aliphatic carbocycles. The van der Waals surface area contributed by atoms with E-state index in [4.69, 9.17) is 4.52 Å². The van der Waals surface area contributed by atoms with Crippen LogP contribution in [0, 0.1) is 6.92 Å². The molecule has 0 fully saturated rings. The Morgan fingerprint density at radius 3 is 2.35 bits per heavy atom. The number of carbonyl (C=O) groups is 1. The van der Waals surface area contributed by atoms with E-state index in [9.17, 15) is 18.0 Å². The second-order valence-corrected chi connectivity index (χ2v) is 5.37. The van der Waals surface area contributed by atoms with Crippen LogP contribution in [0.1, 0.15) is 40.9 Å². The fraction of sp³-hybridized carbons (Fsp3) is 0.267. The molecule has 0 aliphatic rings. The van der Waals surface area contributed by atoms with Crippen molar-refractivity contribution in [2.75, 3.05) is 0 Å². The van der Waals surface area contributed by atoms with Crippen LogP contribution < -0.4 is 5.32 Å². The third kappa shape index (κ3) is 3.71. The van der Waals surface area contributed by atoms with E-state index in [1.165, 1.54) is 24.3 Å². The van der Waals surface area contributed by atoms with Gasteiger partial charge in [-0.25, -0.2) is 0 Å². The monoisotopic (exact) mass is 367 g/mol. The molecule has 8 nitrogen and oxygen atoms in total. The van der Waals surface area contributed by atoms with Gasteiger partial charge in [0.05, 0.1) is 0 Å². The summed E-state index contributed by atoms with van der Waals surface area (Å²) in [7, 11) is 0. The molecule has 0 saturated carbocycles. The van der Waals surface area contributed by atoms with Gasteiger partial charge in [0, 0.05) is 11.1 Å². The number of halogens is 3. The molecule has 1 atom stereocenters. The van der Waals surface area contributed by atoms with Crippen molar-refractivity contribution in [2.45, 2.75) is 26.1 Å². The molecule has 3 rings (SSSR count). The Kier molecular flexibility index (Phi) is 4.45. The number of aromatic nitrogens is 4. The van der Waals surface area contributed by atoms with Crippen molar-refractivity contribution in [1.29, 1.82) is 0 Å². The summed E-state index contributed by atoms with van der Waals surface area (Å²) in [4.78, 5) is 19.5. The van der Waals surface area contributed by atoms with Crippen molar-refractivity contribution in [2.24, 2.45) is 0 Å². The lowest BCUT2D eigenvalue weighted by Gasteiger charge is -2.09. The zero-order valence-electron chi connectivity index (χ0n) is 13.5. The van der Waals surface area contributed by atoms with Gasteiger partial charge in [-0.2, -0.15) is 23.1 Å². The maximum atomic E-state index is 12.5. The summed E-state index contributed by atoms with van der Waals surface area (Å²) in [6, 6.07) is 5.19. The first-order valence-electron chi connectivity index (χ1n) is 7.36. The second-order valence-electron chi connectivity index (χ2n) is 5.37. The van der Waals surface area contributed by atoms with Crippen LogP contribution in [0.2, 0.25) is 0 Å². The van der Waals surface area contributed by atoms with Crippen molar-refractivity contribution >= 4 is 5.91 Å². The molecule has 26 heavy (non-hydrogen) atoms. The summed E-state index contributed by atoms with van der Waals surface area (Å²) >= 11 is 0. The van der Waals surface area contributed by atoms with Gasteiger partial charge < -0.3 is 14.4 Å². The Balaban J connectivity index is 1.71. The molecule has 1 unspecified atom stereocenters. The molecular weight excluding hydrogens is 355 g/mol. The SMILES string of the molecule is Cc1noc(C(C)NC(=O)c2ccc(-c3noc(C(F)(F)F)n3)cc2)n1. The first kappa shape index (κ1) is 17.6. The quantitative estimate of drug-likeness (QED) is 0.755. The predicted octanol–water partition coefficient (Wildman–Crippen LogP) is 2.94. The standard InChI is InChI=1S/C15H12F3N5O3/c1-7(13-20-8(2)22-25-13)19-12(24)10-5-3-9(4-6-10)11-21-14(26-23-11)15(16,17)18/h3-7H,1-2H3,(H,19,24). The normalized spacial score (nSPS) is 12.8. The highest BCUT2D eigenvalue weighted by atomic mass is 19.4. The van der Waals surface area contributed by atoms with Crippen molar-refractivity contribution in [3.8, 4) is 11.4 Å². The maximum absolute atomic E-state index is 12.5. The number of carbonyl (C=O) groups excluding carboxylic acids is 1. The summed E-state index contributed by atoms with van der Waals surface area (Å²) in [6.07, 6.45) is -4.71. The average Bonchev–Trinajstić information content (AvgIpc) is 3.23. The van der Waals surface area contributed by atoms with Crippen molar-refractivity contribution in [1.82, 2.24) is 25.6 Å². The van der Waals surface area contributed by atoms with E-state index in [0.717, 1.165) is 0 Å². The molecule has 1 N–H and O–H groups in total. The smallest absolute Gasteiger partial charge is 0.341 e. The zero-order valence-corrected chi connectivity index (χ0v) is 13.5. The van der Waals surface area contributed by atoms with Crippen LogP contribution in [0.25, 0.3) is 11.4 Å². The third-order valence-corrected chi connectivity index (χ3v) is 3.34. The lowest BCUT2D eigenvalue weighted by atomic mass is 10.1. The molecule has 0 bridgehead atoms. The largest absolute Gasteiger partial charge is 0.471 e. The minimum Gasteiger partial charge on any atom is -0.341 e. The van der Waals surface area contributed by atoms with Gasteiger partial charge in [0.2, 0.25) is 11.7 Å². The molecule has 1 amide bonds. The Bertz CT molecular complexity index is 917. The molecule has 1 aromatic carbocycles. The van der Waals surface area contributed by atoms with Crippen LogP contribution in [-0.4, -0.2) is 26.2 Å². The van der Waals surface area contributed by atoms with Gasteiger partial charge in [0.1, 0.15) is 6.04 Å². The minimum atomic E-state index is -4.71. The molecule has 0 aliphatic heterocycles. The average molecular weight is 367 g/mol. The fourth-order valence-electron chi connectivity index (χ4n) is 2.06. The Morgan fingerprint density at radius 1 is 1.12 bits per heavy atom. The number of benzene rings is 1. The fourth-order valence-corrected chi connectivity index (χ4v) is 2.06. The van der Waals surface area contributed by atoms with E-state index in [1.54, 1.807) is 13.8 Å². The van der Waals surface area contributed by atoms with Crippen molar-refractivity contribution < 1.29 is 27.0 Å².